The zero-order chi connectivity index (χ0) is 22.7. The van der Waals surface area contributed by atoms with Crippen LogP contribution in [0.1, 0.15) is 39.3 Å². The van der Waals surface area contributed by atoms with E-state index in [9.17, 15) is 18.3 Å². The molecular formula is C21H25N3O6S2. The van der Waals surface area contributed by atoms with Gasteiger partial charge in [-0.05, 0) is 54.2 Å². The van der Waals surface area contributed by atoms with Gasteiger partial charge in [0.1, 0.15) is 6.33 Å². The Bertz CT molecular complexity index is 1110. The highest BCUT2D eigenvalue weighted by Gasteiger charge is 2.35. The molecule has 4 rings (SSSR count). The van der Waals surface area contributed by atoms with Gasteiger partial charge in [0, 0.05) is 12.1 Å². The molecule has 1 aliphatic carbocycles. The number of nitrogens with zero attached hydrogens (tertiary/aromatic N) is 2. The van der Waals surface area contributed by atoms with E-state index in [1.807, 2.05) is 11.4 Å². The monoisotopic (exact) mass is 479 g/mol. The van der Waals surface area contributed by atoms with Crippen LogP contribution in [0.3, 0.4) is 0 Å². The van der Waals surface area contributed by atoms with E-state index in [0.717, 1.165) is 12.0 Å². The van der Waals surface area contributed by atoms with E-state index in [-0.39, 0.29) is 24.2 Å². The molecule has 1 saturated carbocycles. The third kappa shape index (κ3) is 5.85. The van der Waals surface area contributed by atoms with Gasteiger partial charge in [-0.15, -0.1) is 11.3 Å². The lowest BCUT2D eigenvalue weighted by Gasteiger charge is -2.13. The smallest absolute Gasteiger partial charge is 0.333 e. The molecule has 2 aromatic heterocycles. The Kier molecular flexibility index (Phi) is 7.13. The summed E-state index contributed by atoms with van der Waals surface area (Å²) in [5.74, 6) is -0.428. The van der Waals surface area contributed by atoms with Crippen molar-refractivity contribution in [1.29, 1.82) is 0 Å². The molecule has 3 atom stereocenters. The Balaban J connectivity index is 1.43. The summed E-state index contributed by atoms with van der Waals surface area (Å²) in [5, 5.41) is 17.1. The molecule has 0 spiro atoms. The molecule has 3 N–H and O–H groups in total. The summed E-state index contributed by atoms with van der Waals surface area (Å²) in [5.41, 5.74) is 3.36. The predicted molar refractivity (Wildman–Crippen MR) is 117 cm³/mol. The fourth-order valence-corrected chi connectivity index (χ4v) is 5.49. The first kappa shape index (κ1) is 23.1. The number of thiophene rings is 1. The van der Waals surface area contributed by atoms with Crippen molar-refractivity contribution in [2.45, 2.75) is 31.8 Å². The topological polar surface area (TPSA) is 142 Å². The highest BCUT2D eigenvalue weighted by molar-refractivity contribution is 7.84. The number of aliphatic hydroxyl groups is 1. The first-order valence-corrected chi connectivity index (χ1v) is 12.7. The van der Waals surface area contributed by atoms with Gasteiger partial charge in [-0.1, -0.05) is 6.08 Å². The molecular weight excluding hydrogens is 454 g/mol. The molecule has 172 valence electrons. The van der Waals surface area contributed by atoms with Crippen LogP contribution in [0, 0.1) is 11.8 Å². The highest BCUT2D eigenvalue weighted by Crippen LogP contribution is 2.34. The second kappa shape index (κ2) is 9.86. The van der Waals surface area contributed by atoms with Crippen molar-refractivity contribution in [3.63, 3.8) is 0 Å². The average Bonchev–Trinajstić information content (AvgIpc) is 3.48. The minimum absolute atomic E-state index is 0.0359. The molecule has 1 fully saturated rings. The van der Waals surface area contributed by atoms with E-state index in [1.165, 1.54) is 29.4 Å². The number of ether oxygens (including phenoxy) is 1. The molecule has 0 unspecified atom stereocenters. The standard InChI is InChI=1S/C21H25N3O6S2/c22-32(27,28)30-10-16-4-14(6-19(16)25)5-18-17(8-23-12-24-18)21(26)20-7-15(11-31-20)3-13-1-2-29-9-13/h1,7-8,11-12,14,16,19,25H,2-6,9-10H2,(H2,22,27,28)/t14-,16+,19-/m0/s1. The molecule has 0 aromatic carbocycles. The van der Waals surface area contributed by atoms with Gasteiger partial charge < -0.3 is 9.84 Å². The lowest BCUT2D eigenvalue weighted by molar-refractivity contribution is 0.100. The Morgan fingerprint density at radius 2 is 2.22 bits per heavy atom. The second-order valence-corrected chi connectivity index (χ2v) is 10.4. The van der Waals surface area contributed by atoms with E-state index >= 15 is 0 Å². The van der Waals surface area contributed by atoms with Crippen molar-refractivity contribution < 1.29 is 27.2 Å². The molecule has 11 heteroatoms. The number of carbonyl (C=O) groups is 1. The fraction of sp³-hybridized carbons (Fsp3) is 0.476. The van der Waals surface area contributed by atoms with Crippen LogP contribution in [0.15, 0.2) is 35.6 Å². The average molecular weight is 480 g/mol. The van der Waals surface area contributed by atoms with Crippen molar-refractivity contribution in [2.75, 3.05) is 19.8 Å². The van der Waals surface area contributed by atoms with Gasteiger partial charge in [0.25, 0.3) is 0 Å². The molecule has 0 radical (unpaired) electrons. The summed E-state index contributed by atoms with van der Waals surface area (Å²) in [6, 6.07) is 1.91. The maximum absolute atomic E-state index is 13.2. The Hall–Kier alpha value is -2.02. The molecule has 2 aromatic rings. The molecule has 9 nitrogen and oxygen atoms in total. The normalized spacial score (nSPS) is 23.4. The second-order valence-electron chi connectivity index (χ2n) is 8.23. The third-order valence-electron chi connectivity index (χ3n) is 5.81. The van der Waals surface area contributed by atoms with Crippen LogP contribution in [0.5, 0.6) is 0 Å². The van der Waals surface area contributed by atoms with E-state index in [2.05, 4.69) is 20.2 Å². The first-order chi connectivity index (χ1) is 15.3. The largest absolute Gasteiger partial charge is 0.393 e. The van der Waals surface area contributed by atoms with Gasteiger partial charge in [0.2, 0.25) is 5.78 Å². The Labute approximate surface area is 190 Å². The van der Waals surface area contributed by atoms with Crippen LogP contribution in [-0.2, 0) is 32.1 Å². The Morgan fingerprint density at radius 1 is 1.38 bits per heavy atom. The van der Waals surface area contributed by atoms with Gasteiger partial charge in [0.15, 0.2) is 0 Å². The number of rotatable bonds is 9. The SMILES string of the molecule is NS(=O)(=O)OC[C@H]1C[C@@H](Cc2ncncc2C(=O)c2cc(CC3=CCOC3)cs2)C[C@@H]1O. The van der Waals surface area contributed by atoms with E-state index in [0.29, 0.717) is 48.6 Å². The zero-order valence-corrected chi connectivity index (χ0v) is 19.0. The number of aliphatic hydroxyl groups excluding tert-OH is 1. The number of nitrogens with two attached hydrogens (primary N) is 1. The first-order valence-electron chi connectivity index (χ1n) is 10.3. The van der Waals surface area contributed by atoms with E-state index < -0.39 is 16.4 Å². The van der Waals surface area contributed by atoms with Crippen LogP contribution in [0.2, 0.25) is 0 Å². The van der Waals surface area contributed by atoms with Crippen molar-refractivity contribution in [2.24, 2.45) is 17.0 Å². The summed E-state index contributed by atoms with van der Waals surface area (Å²) >= 11 is 1.40. The number of hydrogen-bond donors (Lipinski definition) is 2. The summed E-state index contributed by atoms with van der Waals surface area (Å²) in [7, 11) is -4.05. The van der Waals surface area contributed by atoms with Crippen LogP contribution in [-0.4, -0.2) is 55.2 Å². The molecule has 3 heterocycles. The van der Waals surface area contributed by atoms with Crippen LogP contribution in [0.4, 0.5) is 0 Å². The van der Waals surface area contributed by atoms with Crippen LogP contribution < -0.4 is 5.14 Å². The lowest BCUT2D eigenvalue weighted by Crippen LogP contribution is -2.24. The number of carbonyl (C=O) groups excluding carboxylic acids is 1. The minimum atomic E-state index is -4.05. The molecule has 0 amide bonds. The maximum atomic E-state index is 13.2. The molecule has 0 bridgehead atoms. The van der Waals surface area contributed by atoms with Gasteiger partial charge in [-0.25, -0.2) is 15.1 Å². The summed E-state index contributed by atoms with van der Waals surface area (Å²) in [4.78, 5) is 22.2. The van der Waals surface area contributed by atoms with Crippen molar-refractivity contribution in [3.05, 3.63) is 57.3 Å². The summed E-state index contributed by atoms with van der Waals surface area (Å²) in [6.07, 6.45) is 6.58. The highest BCUT2D eigenvalue weighted by atomic mass is 32.2. The van der Waals surface area contributed by atoms with Gasteiger partial charge in [-0.3, -0.25) is 8.98 Å². The predicted octanol–water partition coefficient (Wildman–Crippen LogP) is 1.42. The Morgan fingerprint density at radius 3 is 2.97 bits per heavy atom. The molecule has 0 saturated heterocycles. The van der Waals surface area contributed by atoms with Gasteiger partial charge in [-0.2, -0.15) is 8.42 Å². The van der Waals surface area contributed by atoms with Gasteiger partial charge in [0.05, 0.1) is 42.1 Å². The number of ketones is 1. The molecule has 1 aliphatic heterocycles. The van der Waals surface area contributed by atoms with Crippen molar-refractivity contribution >= 4 is 27.4 Å². The van der Waals surface area contributed by atoms with E-state index in [1.54, 1.807) is 0 Å². The van der Waals surface area contributed by atoms with E-state index in [4.69, 9.17) is 9.88 Å². The minimum Gasteiger partial charge on any atom is -0.393 e. The summed E-state index contributed by atoms with van der Waals surface area (Å²) < 4.78 is 32.1. The number of aromatic nitrogens is 2. The fourth-order valence-electron chi connectivity index (χ4n) is 4.26. The van der Waals surface area contributed by atoms with Crippen molar-refractivity contribution in [3.8, 4) is 0 Å². The molecule has 32 heavy (non-hydrogen) atoms. The maximum Gasteiger partial charge on any atom is 0.333 e. The van der Waals surface area contributed by atoms with Gasteiger partial charge >= 0.3 is 10.3 Å². The van der Waals surface area contributed by atoms with Crippen molar-refractivity contribution in [1.82, 2.24) is 9.97 Å². The lowest BCUT2D eigenvalue weighted by atomic mass is 9.96. The quantitative estimate of drug-likeness (QED) is 0.406. The zero-order valence-electron chi connectivity index (χ0n) is 17.3. The molecule has 2 aliphatic rings. The van der Waals surface area contributed by atoms with Crippen LogP contribution >= 0.6 is 11.3 Å². The third-order valence-corrected chi connectivity index (χ3v) is 7.25. The van der Waals surface area contributed by atoms with Crippen LogP contribution in [0.25, 0.3) is 0 Å². The summed E-state index contributed by atoms with van der Waals surface area (Å²) in [6.45, 7) is 1.11. The number of hydrogen-bond acceptors (Lipinski definition) is 9.